The van der Waals surface area contributed by atoms with E-state index in [9.17, 15) is 4.79 Å². The number of carbonyl (C=O) groups is 1. The van der Waals surface area contributed by atoms with Crippen LogP contribution in [0, 0.1) is 0 Å². The molecule has 1 aliphatic heterocycles. The summed E-state index contributed by atoms with van der Waals surface area (Å²) in [5, 5.41) is 3.42. The van der Waals surface area contributed by atoms with Gasteiger partial charge in [-0.3, -0.25) is 4.79 Å². The van der Waals surface area contributed by atoms with Crippen LogP contribution in [0.15, 0.2) is 24.3 Å². The van der Waals surface area contributed by atoms with Gasteiger partial charge < -0.3 is 24.6 Å². The number of amides is 1. The highest BCUT2D eigenvalue weighted by Gasteiger charge is 2.17. The molecule has 1 fully saturated rings. The van der Waals surface area contributed by atoms with Crippen LogP contribution in [-0.2, 0) is 16.1 Å². The molecule has 0 radical (unpaired) electrons. The third-order valence-corrected chi connectivity index (χ3v) is 3.85. The molecule has 1 aliphatic rings. The van der Waals surface area contributed by atoms with Crippen molar-refractivity contribution < 1.29 is 14.3 Å². The summed E-state index contributed by atoms with van der Waals surface area (Å²) in [7, 11) is 5.56. The first kappa shape index (κ1) is 17.7. The molecule has 2 rings (SSSR count). The van der Waals surface area contributed by atoms with Gasteiger partial charge in [0.15, 0.2) is 6.61 Å². The molecule has 23 heavy (non-hydrogen) atoms. The minimum atomic E-state index is -0.0496. The van der Waals surface area contributed by atoms with Gasteiger partial charge >= 0.3 is 0 Å². The highest BCUT2D eigenvalue weighted by molar-refractivity contribution is 5.77. The highest BCUT2D eigenvalue weighted by atomic mass is 16.5. The Balaban J connectivity index is 1.81. The Morgan fingerprint density at radius 2 is 2.22 bits per heavy atom. The highest BCUT2D eigenvalue weighted by Crippen LogP contribution is 2.17. The maximum Gasteiger partial charge on any atom is 0.259 e. The molecule has 0 aliphatic carbocycles. The summed E-state index contributed by atoms with van der Waals surface area (Å²) in [6, 6.07) is 7.79. The second-order valence-electron chi connectivity index (χ2n) is 6.07. The van der Waals surface area contributed by atoms with Gasteiger partial charge in [-0.15, -0.1) is 0 Å². The lowest BCUT2D eigenvalue weighted by Gasteiger charge is -2.30. The average Bonchev–Trinajstić information content (AvgIpc) is 2.53. The van der Waals surface area contributed by atoms with E-state index < -0.39 is 0 Å². The molecular formula is C17H27N3O3. The van der Waals surface area contributed by atoms with E-state index in [2.05, 4.69) is 17.3 Å². The summed E-state index contributed by atoms with van der Waals surface area (Å²) in [4.78, 5) is 15.4. The molecule has 0 bridgehead atoms. The summed E-state index contributed by atoms with van der Waals surface area (Å²) in [5.74, 6) is 0.697. The van der Waals surface area contributed by atoms with Gasteiger partial charge in [-0.2, -0.15) is 0 Å². The number of nitrogens with one attached hydrogen (secondary N) is 1. The molecule has 0 saturated carbocycles. The van der Waals surface area contributed by atoms with E-state index in [0.29, 0.717) is 6.54 Å². The largest absolute Gasteiger partial charge is 0.483 e. The van der Waals surface area contributed by atoms with Crippen LogP contribution in [-0.4, -0.2) is 75.8 Å². The lowest BCUT2D eigenvalue weighted by Crippen LogP contribution is -2.44. The number of benzene rings is 1. The summed E-state index contributed by atoms with van der Waals surface area (Å²) in [6.45, 7) is 4.27. The number of carbonyl (C=O) groups excluding carboxylic acids is 1. The summed E-state index contributed by atoms with van der Waals surface area (Å²) >= 11 is 0. The van der Waals surface area contributed by atoms with E-state index in [4.69, 9.17) is 9.47 Å². The van der Waals surface area contributed by atoms with E-state index in [0.717, 1.165) is 37.6 Å². The molecule has 1 heterocycles. The maximum absolute atomic E-state index is 11.6. The number of rotatable bonds is 7. The third kappa shape index (κ3) is 5.82. The predicted molar refractivity (Wildman–Crippen MR) is 89.6 cm³/mol. The average molecular weight is 321 g/mol. The van der Waals surface area contributed by atoms with Gasteiger partial charge in [0, 0.05) is 45.8 Å². The monoisotopic (exact) mass is 321 g/mol. The van der Waals surface area contributed by atoms with E-state index in [1.807, 2.05) is 24.3 Å². The summed E-state index contributed by atoms with van der Waals surface area (Å²) in [6.07, 6.45) is 0.220. The third-order valence-electron chi connectivity index (χ3n) is 3.85. The molecule has 0 unspecified atom stereocenters. The topological polar surface area (TPSA) is 54.0 Å². The molecule has 0 spiro atoms. The smallest absolute Gasteiger partial charge is 0.259 e. The Bertz CT molecular complexity index is 508. The normalized spacial score (nSPS) is 18.7. The zero-order valence-corrected chi connectivity index (χ0v) is 14.2. The van der Waals surface area contributed by atoms with Crippen LogP contribution in [0.25, 0.3) is 0 Å². The lowest BCUT2D eigenvalue weighted by atomic mass is 10.2. The molecular weight excluding hydrogens is 294 g/mol. The SMILES string of the molecule is CN1CCO[C@@H](CNCc2ccccc2OCC(=O)N(C)C)C1. The van der Waals surface area contributed by atoms with Crippen molar-refractivity contribution in [3.8, 4) is 5.75 Å². The Morgan fingerprint density at radius 3 is 2.96 bits per heavy atom. The number of likely N-dealkylation sites (N-methyl/N-ethyl adjacent to an activating group) is 2. The molecule has 1 atom stereocenters. The number of ether oxygens (including phenoxy) is 2. The van der Waals surface area contributed by atoms with Gasteiger partial charge in [0.25, 0.3) is 5.91 Å². The number of hydrogen-bond donors (Lipinski definition) is 1. The van der Waals surface area contributed by atoms with Gasteiger partial charge in [-0.05, 0) is 13.1 Å². The van der Waals surface area contributed by atoms with Crippen molar-refractivity contribution in [1.29, 1.82) is 0 Å². The number of morpholine rings is 1. The number of nitrogens with zero attached hydrogens (tertiary/aromatic N) is 2. The minimum Gasteiger partial charge on any atom is -0.483 e. The fraction of sp³-hybridized carbons (Fsp3) is 0.588. The predicted octanol–water partition coefficient (Wildman–Crippen LogP) is 0.574. The molecule has 6 nitrogen and oxygen atoms in total. The first-order valence-electron chi connectivity index (χ1n) is 7.98. The molecule has 1 amide bonds. The van der Waals surface area contributed by atoms with Crippen molar-refractivity contribution in [2.45, 2.75) is 12.6 Å². The first-order chi connectivity index (χ1) is 11.1. The second-order valence-corrected chi connectivity index (χ2v) is 6.07. The van der Waals surface area contributed by atoms with Crippen LogP contribution in [0.3, 0.4) is 0 Å². The zero-order valence-electron chi connectivity index (χ0n) is 14.2. The maximum atomic E-state index is 11.6. The molecule has 128 valence electrons. The lowest BCUT2D eigenvalue weighted by molar-refractivity contribution is -0.130. The second kappa shape index (κ2) is 8.86. The summed E-state index contributed by atoms with van der Waals surface area (Å²) in [5.41, 5.74) is 1.04. The van der Waals surface area contributed by atoms with Crippen LogP contribution < -0.4 is 10.1 Å². The van der Waals surface area contributed by atoms with Crippen molar-refractivity contribution in [2.75, 3.05) is 54.0 Å². The first-order valence-corrected chi connectivity index (χ1v) is 7.98. The Labute approximate surface area is 138 Å². The molecule has 1 N–H and O–H groups in total. The van der Waals surface area contributed by atoms with Crippen molar-refractivity contribution >= 4 is 5.91 Å². The van der Waals surface area contributed by atoms with Crippen molar-refractivity contribution in [1.82, 2.24) is 15.1 Å². The fourth-order valence-electron chi connectivity index (χ4n) is 2.42. The summed E-state index contributed by atoms with van der Waals surface area (Å²) < 4.78 is 11.4. The quantitative estimate of drug-likeness (QED) is 0.796. The standard InChI is InChI=1S/C17H27N3O3/c1-19(2)17(21)13-23-16-7-5-4-6-14(16)10-18-11-15-12-20(3)8-9-22-15/h4-7,15,18H,8-13H2,1-3H3/t15-/m0/s1. The van der Waals surface area contributed by atoms with Crippen LogP contribution in [0.2, 0.25) is 0 Å². The van der Waals surface area contributed by atoms with E-state index in [1.54, 1.807) is 14.1 Å². The van der Waals surface area contributed by atoms with Gasteiger partial charge in [-0.25, -0.2) is 0 Å². The van der Waals surface area contributed by atoms with Crippen molar-refractivity contribution in [3.05, 3.63) is 29.8 Å². The van der Waals surface area contributed by atoms with Crippen LogP contribution in [0.4, 0.5) is 0 Å². The number of para-hydroxylation sites is 1. The molecule has 1 aromatic rings. The molecule has 1 aromatic carbocycles. The van der Waals surface area contributed by atoms with E-state index >= 15 is 0 Å². The van der Waals surface area contributed by atoms with Gasteiger partial charge in [0.05, 0.1) is 12.7 Å². The van der Waals surface area contributed by atoms with E-state index in [1.165, 1.54) is 4.90 Å². The van der Waals surface area contributed by atoms with Gasteiger partial charge in [-0.1, -0.05) is 18.2 Å². The van der Waals surface area contributed by atoms with Crippen LogP contribution >= 0.6 is 0 Å². The van der Waals surface area contributed by atoms with Crippen molar-refractivity contribution in [3.63, 3.8) is 0 Å². The minimum absolute atomic E-state index is 0.0496. The van der Waals surface area contributed by atoms with E-state index in [-0.39, 0.29) is 18.6 Å². The Hall–Kier alpha value is -1.63. The zero-order chi connectivity index (χ0) is 16.7. The molecule has 1 saturated heterocycles. The fourth-order valence-corrected chi connectivity index (χ4v) is 2.42. The number of hydrogen-bond acceptors (Lipinski definition) is 5. The van der Waals surface area contributed by atoms with Gasteiger partial charge in [0.2, 0.25) is 0 Å². The molecule has 0 aromatic heterocycles. The Kier molecular flexibility index (Phi) is 6.83. The van der Waals surface area contributed by atoms with Crippen LogP contribution in [0.1, 0.15) is 5.56 Å². The van der Waals surface area contributed by atoms with Gasteiger partial charge in [0.1, 0.15) is 5.75 Å². The Morgan fingerprint density at radius 1 is 1.43 bits per heavy atom. The molecule has 6 heteroatoms. The van der Waals surface area contributed by atoms with Crippen molar-refractivity contribution in [2.24, 2.45) is 0 Å². The van der Waals surface area contributed by atoms with Crippen LogP contribution in [0.5, 0.6) is 5.75 Å².